The summed E-state index contributed by atoms with van der Waals surface area (Å²) in [5, 5.41) is 0. The fraction of sp³-hybridized carbons (Fsp3) is 0.857. The Morgan fingerprint density at radius 2 is 2.10 bits per heavy atom. The normalized spacial score (nSPS) is 22.5. The van der Waals surface area contributed by atoms with E-state index in [4.69, 9.17) is 5.73 Å². The number of carbonyl (C=O) groups is 1. The number of rotatable bonds is 3. The van der Waals surface area contributed by atoms with Crippen LogP contribution in [-0.2, 0) is 9.53 Å². The van der Waals surface area contributed by atoms with Crippen LogP contribution < -0.4 is 5.73 Å². The Kier molecular flexibility index (Phi) is 2.27. The predicted molar refractivity (Wildman–Crippen MR) is 37.4 cm³/mol. The predicted octanol–water partition coefficient (Wildman–Crippen LogP) is 0.431. The van der Waals surface area contributed by atoms with Gasteiger partial charge >= 0.3 is 0 Å². The monoisotopic (exact) mass is 143 g/mol. The van der Waals surface area contributed by atoms with Crippen LogP contribution in [0.1, 0.15) is 25.7 Å². The van der Waals surface area contributed by atoms with Crippen molar-refractivity contribution < 1.29 is 9.53 Å². The molecule has 0 amide bonds. The molecule has 0 spiro atoms. The molecule has 1 fully saturated rings. The molecule has 0 aromatic rings. The number of nitrogens with two attached hydrogens (primary N) is 1. The maximum atomic E-state index is 9.83. The Morgan fingerprint density at radius 1 is 1.50 bits per heavy atom. The lowest BCUT2D eigenvalue weighted by Gasteiger charge is -2.20. The van der Waals surface area contributed by atoms with Gasteiger partial charge in [-0.2, -0.15) is 0 Å². The summed E-state index contributed by atoms with van der Waals surface area (Å²) >= 11 is 0. The summed E-state index contributed by atoms with van der Waals surface area (Å²) in [6.07, 6.45) is 4.30. The van der Waals surface area contributed by atoms with E-state index >= 15 is 0 Å². The first-order valence-electron chi connectivity index (χ1n) is 3.61. The topological polar surface area (TPSA) is 52.3 Å². The summed E-state index contributed by atoms with van der Waals surface area (Å²) in [6, 6.07) is 0. The molecule has 3 nitrogen and oxygen atoms in total. The molecule has 1 rings (SSSR count). The molecule has 1 saturated carbocycles. The average molecular weight is 143 g/mol. The molecular weight excluding hydrogens is 130 g/mol. The summed E-state index contributed by atoms with van der Waals surface area (Å²) in [4.78, 5) is 9.83. The van der Waals surface area contributed by atoms with Gasteiger partial charge in [0, 0.05) is 0 Å². The van der Waals surface area contributed by atoms with Crippen LogP contribution in [0.3, 0.4) is 0 Å². The molecule has 1 aliphatic carbocycles. The Morgan fingerprint density at radius 3 is 2.60 bits per heavy atom. The van der Waals surface area contributed by atoms with Crippen molar-refractivity contribution in [1.29, 1.82) is 0 Å². The van der Waals surface area contributed by atoms with E-state index in [9.17, 15) is 4.79 Å². The smallest absolute Gasteiger partial charge is 0.293 e. The van der Waals surface area contributed by atoms with Gasteiger partial charge in [0.15, 0.2) is 0 Å². The van der Waals surface area contributed by atoms with Crippen LogP contribution in [0, 0.1) is 0 Å². The van der Waals surface area contributed by atoms with Gasteiger partial charge in [-0.3, -0.25) is 4.79 Å². The van der Waals surface area contributed by atoms with Gasteiger partial charge < -0.3 is 10.5 Å². The van der Waals surface area contributed by atoms with Crippen molar-refractivity contribution >= 4 is 6.47 Å². The molecule has 0 aromatic heterocycles. The average Bonchev–Trinajstić information content (AvgIpc) is 2.33. The molecule has 0 atom stereocenters. The zero-order valence-electron chi connectivity index (χ0n) is 6.01. The van der Waals surface area contributed by atoms with E-state index in [-0.39, 0.29) is 5.54 Å². The third kappa shape index (κ3) is 1.70. The van der Waals surface area contributed by atoms with Crippen LogP contribution in [0.25, 0.3) is 0 Å². The summed E-state index contributed by atoms with van der Waals surface area (Å²) in [6.45, 7) is 0.851. The highest BCUT2D eigenvalue weighted by atomic mass is 16.5. The van der Waals surface area contributed by atoms with Gasteiger partial charge in [0.05, 0.1) is 5.54 Å². The van der Waals surface area contributed by atoms with E-state index in [0.717, 1.165) is 12.8 Å². The Hall–Kier alpha value is -0.570. The quantitative estimate of drug-likeness (QED) is 0.583. The molecule has 0 aliphatic heterocycles. The first-order valence-corrected chi connectivity index (χ1v) is 3.61. The van der Waals surface area contributed by atoms with Crippen LogP contribution in [-0.4, -0.2) is 18.6 Å². The highest BCUT2D eigenvalue weighted by Gasteiger charge is 2.29. The number of hydrogen-bond donors (Lipinski definition) is 1. The molecule has 0 unspecified atom stereocenters. The van der Waals surface area contributed by atoms with Crippen LogP contribution in [0.4, 0.5) is 0 Å². The fourth-order valence-electron chi connectivity index (χ4n) is 1.42. The molecule has 0 saturated heterocycles. The third-order valence-electron chi connectivity index (χ3n) is 2.04. The summed E-state index contributed by atoms with van der Waals surface area (Å²) in [5.74, 6) is 0. The molecule has 3 heteroatoms. The first-order chi connectivity index (χ1) is 4.77. The molecule has 58 valence electrons. The maximum absolute atomic E-state index is 9.83. The second-order valence-electron chi connectivity index (χ2n) is 2.98. The van der Waals surface area contributed by atoms with Gasteiger partial charge in [-0.1, -0.05) is 12.8 Å². The standard InChI is InChI=1S/C7H13NO2/c8-7(5-10-6-9)3-1-2-4-7/h6H,1-5,8H2. The molecule has 0 heterocycles. The minimum absolute atomic E-state index is 0.207. The van der Waals surface area contributed by atoms with E-state index in [0.29, 0.717) is 13.1 Å². The number of ether oxygens (including phenoxy) is 1. The lowest BCUT2D eigenvalue weighted by molar-refractivity contribution is -0.130. The van der Waals surface area contributed by atoms with E-state index in [1.807, 2.05) is 0 Å². The van der Waals surface area contributed by atoms with Gasteiger partial charge in [-0.25, -0.2) is 0 Å². The van der Waals surface area contributed by atoms with Crippen LogP contribution in [0.15, 0.2) is 0 Å². The van der Waals surface area contributed by atoms with Gasteiger partial charge in [-0.15, -0.1) is 0 Å². The van der Waals surface area contributed by atoms with Gasteiger partial charge in [0.1, 0.15) is 6.61 Å². The zero-order valence-corrected chi connectivity index (χ0v) is 6.01. The molecule has 0 bridgehead atoms. The highest BCUT2D eigenvalue weighted by molar-refractivity contribution is 5.37. The second kappa shape index (κ2) is 3.01. The van der Waals surface area contributed by atoms with Gasteiger partial charge in [0.2, 0.25) is 0 Å². The number of hydrogen-bond acceptors (Lipinski definition) is 3. The molecule has 2 N–H and O–H groups in total. The van der Waals surface area contributed by atoms with E-state index in [2.05, 4.69) is 4.74 Å². The zero-order chi connectivity index (χ0) is 7.45. The van der Waals surface area contributed by atoms with Crippen molar-refractivity contribution in [1.82, 2.24) is 0 Å². The van der Waals surface area contributed by atoms with E-state index in [1.165, 1.54) is 12.8 Å². The lowest BCUT2D eigenvalue weighted by atomic mass is 10.0. The Bertz CT molecular complexity index is 119. The SMILES string of the molecule is NC1(COC=O)CCCC1. The molecule has 10 heavy (non-hydrogen) atoms. The van der Waals surface area contributed by atoms with Crippen molar-refractivity contribution in [2.75, 3.05) is 6.61 Å². The summed E-state index contributed by atoms with van der Waals surface area (Å²) in [7, 11) is 0. The van der Waals surface area contributed by atoms with Gasteiger partial charge in [0.25, 0.3) is 6.47 Å². The van der Waals surface area contributed by atoms with Crippen molar-refractivity contribution in [2.24, 2.45) is 5.73 Å². The minimum Gasteiger partial charge on any atom is -0.466 e. The minimum atomic E-state index is -0.207. The molecule has 1 aliphatic rings. The fourth-order valence-corrected chi connectivity index (χ4v) is 1.42. The van der Waals surface area contributed by atoms with Crippen molar-refractivity contribution in [2.45, 2.75) is 31.2 Å². The summed E-state index contributed by atoms with van der Waals surface area (Å²) in [5.41, 5.74) is 5.65. The maximum Gasteiger partial charge on any atom is 0.293 e. The summed E-state index contributed by atoms with van der Waals surface area (Å²) < 4.78 is 4.61. The van der Waals surface area contributed by atoms with Crippen LogP contribution >= 0.6 is 0 Å². The third-order valence-corrected chi connectivity index (χ3v) is 2.04. The lowest BCUT2D eigenvalue weighted by Crippen LogP contribution is -2.41. The molecule has 0 radical (unpaired) electrons. The molecule has 0 aromatic carbocycles. The van der Waals surface area contributed by atoms with E-state index < -0.39 is 0 Å². The number of carbonyl (C=O) groups excluding carboxylic acids is 1. The molecular formula is C7H13NO2. The van der Waals surface area contributed by atoms with Crippen LogP contribution in [0.5, 0.6) is 0 Å². The van der Waals surface area contributed by atoms with E-state index in [1.54, 1.807) is 0 Å². The van der Waals surface area contributed by atoms with Crippen molar-refractivity contribution in [3.8, 4) is 0 Å². The van der Waals surface area contributed by atoms with Gasteiger partial charge in [-0.05, 0) is 12.8 Å². The van der Waals surface area contributed by atoms with Crippen molar-refractivity contribution in [3.63, 3.8) is 0 Å². The highest BCUT2D eigenvalue weighted by Crippen LogP contribution is 2.26. The first kappa shape index (κ1) is 7.54. The Balaban J connectivity index is 2.28. The largest absolute Gasteiger partial charge is 0.466 e. The Labute approximate surface area is 60.5 Å². The van der Waals surface area contributed by atoms with Crippen LogP contribution in [0.2, 0.25) is 0 Å². The van der Waals surface area contributed by atoms with Crippen molar-refractivity contribution in [3.05, 3.63) is 0 Å². The second-order valence-corrected chi connectivity index (χ2v) is 2.98.